The number of likely N-dealkylation sites (tertiary alicyclic amines) is 1. The Morgan fingerprint density at radius 3 is 2.70 bits per heavy atom. The van der Waals surface area contributed by atoms with E-state index in [1.54, 1.807) is 29.4 Å². The van der Waals surface area contributed by atoms with E-state index in [1.165, 1.54) is 6.33 Å². The number of alkyl halides is 3. The Bertz CT molecular complexity index is 2140. The van der Waals surface area contributed by atoms with Crippen LogP contribution in [0.5, 0.6) is 5.75 Å². The highest BCUT2D eigenvalue weighted by molar-refractivity contribution is 6.33. The van der Waals surface area contributed by atoms with Gasteiger partial charge in [0.15, 0.2) is 17.3 Å². The second-order valence-corrected chi connectivity index (χ2v) is 12.4. The van der Waals surface area contributed by atoms with E-state index >= 15 is 0 Å². The van der Waals surface area contributed by atoms with E-state index in [9.17, 15) is 32.7 Å². The number of carbonyl (C=O) groups is 2. The van der Waals surface area contributed by atoms with Gasteiger partial charge in [0.2, 0.25) is 11.7 Å². The lowest BCUT2D eigenvalue weighted by atomic mass is 10.1. The minimum atomic E-state index is -4.61. The first-order valence-electron chi connectivity index (χ1n) is 15.7. The van der Waals surface area contributed by atoms with Crippen molar-refractivity contribution in [3.63, 3.8) is 0 Å². The van der Waals surface area contributed by atoms with Crippen molar-refractivity contribution in [2.75, 3.05) is 25.1 Å². The van der Waals surface area contributed by atoms with Crippen molar-refractivity contribution >= 4 is 46.5 Å². The molecule has 0 spiro atoms. The summed E-state index contributed by atoms with van der Waals surface area (Å²) in [4.78, 5) is 55.0. The van der Waals surface area contributed by atoms with Crippen LogP contribution >= 0.6 is 11.6 Å². The first-order chi connectivity index (χ1) is 23.8. The summed E-state index contributed by atoms with van der Waals surface area (Å²) in [6, 6.07) is 2.32. The maximum atomic E-state index is 14.1. The van der Waals surface area contributed by atoms with E-state index in [4.69, 9.17) is 16.3 Å². The van der Waals surface area contributed by atoms with Gasteiger partial charge >= 0.3 is 6.18 Å². The van der Waals surface area contributed by atoms with E-state index in [0.29, 0.717) is 37.6 Å². The summed E-state index contributed by atoms with van der Waals surface area (Å²) in [5.74, 6) is -1.04. The van der Waals surface area contributed by atoms with Crippen LogP contribution in [-0.4, -0.2) is 76.8 Å². The standard InChI is InChI=1S/C33H32ClF3N8O5/c1-4-25-22(12-19-11-17(2)43(14-19)31(49)27-28(47)18(3)38-16-39-27)30(48)45-32(41-29(42-45)20-7-9-50-10-8-20)44(25)15-26(46)40-24-6-5-21(13-23(24)34)33(35,36)37/h5-7,12-13,16-17,47H,4,8-11,14-15H2,1-3H3,(H,40,46)/b19-12+/t17-/m1/s1. The smallest absolute Gasteiger partial charge is 0.416 e. The van der Waals surface area contributed by atoms with Crippen LogP contribution in [0.3, 0.4) is 0 Å². The Morgan fingerprint density at radius 2 is 2.02 bits per heavy atom. The summed E-state index contributed by atoms with van der Waals surface area (Å²) < 4.78 is 47.6. The highest BCUT2D eigenvalue weighted by Crippen LogP contribution is 2.34. The van der Waals surface area contributed by atoms with Crippen molar-refractivity contribution in [2.24, 2.45) is 0 Å². The third-order valence-electron chi connectivity index (χ3n) is 8.63. The average Bonchev–Trinajstić information content (AvgIpc) is 3.69. The van der Waals surface area contributed by atoms with Gasteiger partial charge in [0.1, 0.15) is 12.9 Å². The predicted octanol–water partition coefficient (Wildman–Crippen LogP) is 4.69. The number of ether oxygens (including phenoxy) is 1. The molecule has 1 atom stereocenters. The topological polar surface area (TPSA) is 157 Å². The lowest BCUT2D eigenvalue weighted by Crippen LogP contribution is -2.34. The molecule has 5 heterocycles. The molecule has 0 bridgehead atoms. The number of benzene rings is 1. The SMILES string of the molecule is CCc1c(/C=C2\C[C@@H](C)N(C(=O)c3ncnc(C)c3O)C2)c(=O)n2nc(C3=CCOCC3)nc2n1CC(=O)Nc1ccc(C(F)(F)F)cc1Cl. The second-order valence-electron chi connectivity index (χ2n) is 12.0. The zero-order valence-corrected chi connectivity index (χ0v) is 28.0. The van der Waals surface area contributed by atoms with E-state index in [1.807, 2.05) is 13.0 Å². The van der Waals surface area contributed by atoms with Gasteiger partial charge < -0.3 is 24.6 Å². The average molecular weight is 713 g/mol. The highest BCUT2D eigenvalue weighted by Gasteiger charge is 2.33. The Kier molecular flexibility index (Phi) is 9.50. The molecule has 1 saturated heterocycles. The molecule has 0 unspecified atom stereocenters. The van der Waals surface area contributed by atoms with E-state index < -0.39 is 29.1 Å². The third kappa shape index (κ3) is 6.72. The number of fused-ring (bicyclic) bond motifs is 1. The van der Waals surface area contributed by atoms with Crippen LogP contribution in [0.15, 0.2) is 41.0 Å². The Labute approximate surface area is 288 Å². The molecular weight excluding hydrogens is 681 g/mol. The minimum Gasteiger partial charge on any atom is -0.504 e. The number of aryl methyl sites for hydroxylation is 1. The summed E-state index contributed by atoms with van der Waals surface area (Å²) >= 11 is 6.11. The van der Waals surface area contributed by atoms with Gasteiger partial charge in [-0.05, 0) is 68.5 Å². The fourth-order valence-corrected chi connectivity index (χ4v) is 6.30. The van der Waals surface area contributed by atoms with Gasteiger partial charge in [-0.3, -0.25) is 14.4 Å². The maximum absolute atomic E-state index is 14.1. The summed E-state index contributed by atoms with van der Waals surface area (Å²) in [5.41, 5.74) is 0.860. The summed E-state index contributed by atoms with van der Waals surface area (Å²) in [6.45, 7) is 5.77. The molecule has 17 heteroatoms. The number of rotatable bonds is 7. The molecular formula is C33H32ClF3N8O5. The molecule has 50 heavy (non-hydrogen) atoms. The molecule has 1 aromatic carbocycles. The number of anilines is 1. The largest absolute Gasteiger partial charge is 0.504 e. The first kappa shape index (κ1) is 34.8. The van der Waals surface area contributed by atoms with Gasteiger partial charge in [-0.2, -0.15) is 22.7 Å². The van der Waals surface area contributed by atoms with Gasteiger partial charge in [-0.1, -0.05) is 24.6 Å². The second kappa shape index (κ2) is 13.7. The Morgan fingerprint density at radius 1 is 1.24 bits per heavy atom. The minimum absolute atomic E-state index is 0.0220. The van der Waals surface area contributed by atoms with Crippen molar-refractivity contribution in [2.45, 2.75) is 58.8 Å². The summed E-state index contributed by atoms with van der Waals surface area (Å²) in [6.07, 6.45) is 1.31. The van der Waals surface area contributed by atoms with Crippen LogP contribution in [0.2, 0.25) is 5.02 Å². The number of halogens is 4. The summed E-state index contributed by atoms with van der Waals surface area (Å²) in [7, 11) is 0. The van der Waals surface area contributed by atoms with Gasteiger partial charge in [0, 0.05) is 18.3 Å². The fourth-order valence-electron chi connectivity index (χ4n) is 6.07. The molecule has 2 aliphatic rings. The number of aromatic nitrogens is 6. The lowest BCUT2D eigenvalue weighted by molar-refractivity contribution is -0.137. The molecule has 2 amide bonds. The van der Waals surface area contributed by atoms with Crippen LogP contribution in [0.1, 0.15) is 65.5 Å². The van der Waals surface area contributed by atoms with E-state index in [0.717, 1.165) is 33.9 Å². The number of nitrogens with one attached hydrogen (secondary N) is 1. The number of hydrogen-bond acceptors (Lipinski definition) is 9. The molecule has 2 aliphatic heterocycles. The molecule has 13 nitrogen and oxygen atoms in total. The van der Waals surface area contributed by atoms with Crippen LogP contribution in [0, 0.1) is 6.92 Å². The van der Waals surface area contributed by atoms with Gasteiger partial charge in [-0.25, -0.2) is 9.97 Å². The lowest BCUT2D eigenvalue weighted by Gasteiger charge is -2.20. The maximum Gasteiger partial charge on any atom is 0.416 e. The Balaban J connectivity index is 1.40. The monoisotopic (exact) mass is 712 g/mol. The van der Waals surface area contributed by atoms with Crippen LogP contribution in [0.25, 0.3) is 17.4 Å². The predicted molar refractivity (Wildman–Crippen MR) is 177 cm³/mol. The van der Waals surface area contributed by atoms with E-state index in [2.05, 4.69) is 25.4 Å². The van der Waals surface area contributed by atoms with Crippen LogP contribution in [-0.2, 0) is 28.7 Å². The van der Waals surface area contributed by atoms with Crippen molar-refractivity contribution in [1.29, 1.82) is 0 Å². The number of hydrogen-bond donors (Lipinski definition) is 2. The van der Waals surface area contributed by atoms with Crippen LogP contribution < -0.4 is 10.9 Å². The number of carbonyl (C=O) groups excluding carboxylic acids is 2. The molecule has 1 fully saturated rings. The fraction of sp³-hybridized carbons (Fsp3) is 0.364. The molecule has 0 radical (unpaired) electrons. The number of aromatic hydroxyl groups is 1. The number of amides is 2. The van der Waals surface area contributed by atoms with Gasteiger partial charge in [0.25, 0.3) is 11.5 Å². The summed E-state index contributed by atoms with van der Waals surface area (Å²) in [5, 5.41) is 17.2. The normalized spacial score (nSPS) is 17.4. The quantitative estimate of drug-likeness (QED) is 0.278. The van der Waals surface area contributed by atoms with Crippen molar-refractivity contribution < 1.29 is 32.6 Å². The van der Waals surface area contributed by atoms with Gasteiger partial charge in [0.05, 0.1) is 40.7 Å². The van der Waals surface area contributed by atoms with E-state index in [-0.39, 0.29) is 64.7 Å². The Hall–Kier alpha value is -5.09. The molecule has 6 rings (SSSR count). The zero-order valence-electron chi connectivity index (χ0n) is 27.2. The molecule has 262 valence electrons. The third-order valence-corrected chi connectivity index (χ3v) is 8.94. The molecule has 2 N–H and O–H groups in total. The molecule has 4 aromatic rings. The molecule has 3 aromatic heterocycles. The zero-order chi connectivity index (χ0) is 35.9. The van der Waals surface area contributed by atoms with Crippen LogP contribution in [0.4, 0.5) is 18.9 Å². The van der Waals surface area contributed by atoms with Crippen molar-refractivity contribution in [3.05, 3.63) is 85.6 Å². The number of nitrogens with zero attached hydrogens (tertiary/aromatic N) is 7. The molecule has 0 saturated carbocycles. The molecule has 0 aliphatic carbocycles. The highest BCUT2D eigenvalue weighted by atomic mass is 35.5. The van der Waals surface area contributed by atoms with Gasteiger partial charge in [-0.15, -0.1) is 5.10 Å². The first-order valence-corrected chi connectivity index (χ1v) is 16.1. The van der Waals surface area contributed by atoms with Crippen molar-refractivity contribution in [3.8, 4) is 5.75 Å². The van der Waals surface area contributed by atoms with Crippen molar-refractivity contribution in [1.82, 2.24) is 34.0 Å².